The zero-order valence-electron chi connectivity index (χ0n) is 18.1. The van der Waals surface area contributed by atoms with Crippen LogP contribution in [0.4, 0.5) is 0 Å². The van der Waals surface area contributed by atoms with Crippen LogP contribution >= 0.6 is 0 Å². The Morgan fingerprint density at radius 1 is 1.19 bits per heavy atom. The highest BCUT2D eigenvalue weighted by Crippen LogP contribution is 2.40. The van der Waals surface area contributed by atoms with Crippen LogP contribution < -0.4 is 4.74 Å². The van der Waals surface area contributed by atoms with E-state index in [4.69, 9.17) is 9.47 Å². The molecule has 2 heterocycles. The Labute approximate surface area is 182 Å². The summed E-state index contributed by atoms with van der Waals surface area (Å²) in [5.41, 5.74) is 3.54. The number of benzene rings is 2. The molecule has 0 aliphatic carbocycles. The first kappa shape index (κ1) is 21.1. The largest absolute Gasteiger partial charge is 0.507 e. The van der Waals surface area contributed by atoms with Gasteiger partial charge in [-0.3, -0.25) is 9.59 Å². The highest BCUT2D eigenvalue weighted by atomic mass is 16.5. The number of Topliss-reactive ketones (excluding diaryl/α,β-unsaturated/α-hetero) is 1. The Hall–Kier alpha value is -3.12. The molecule has 0 saturated carbocycles. The first-order chi connectivity index (χ1) is 14.9. The maximum Gasteiger partial charge on any atom is 0.295 e. The van der Waals surface area contributed by atoms with Crippen LogP contribution in [0.1, 0.15) is 42.1 Å². The lowest BCUT2D eigenvalue weighted by atomic mass is 9.93. The molecule has 4 rings (SSSR count). The number of rotatable bonds is 6. The SMILES string of the molecule is CCc1ccc([C@H]2C(=C(O)c3ccc4c(c3)C[C@@H](C)O4)C(=O)C(=O)N2CCOC)cc1. The smallest absolute Gasteiger partial charge is 0.295 e. The van der Waals surface area contributed by atoms with Gasteiger partial charge < -0.3 is 19.5 Å². The molecule has 0 unspecified atom stereocenters. The Balaban J connectivity index is 1.81. The van der Waals surface area contributed by atoms with Gasteiger partial charge in [-0.2, -0.15) is 0 Å². The third-order valence-electron chi connectivity index (χ3n) is 5.95. The van der Waals surface area contributed by atoms with Crippen LogP contribution in [0, 0.1) is 0 Å². The van der Waals surface area contributed by atoms with E-state index < -0.39 is 17.7 Å². The predicted octanol–water partition coefficient (Wildman–Crippen LogP) is 3.64. The third kappa shape index (κ3) is 3.83. The summed E-state index contributed by atoms with van der Waals surface area (Å²) in [7, 11) is 1.55. The van der Waals surface area contributed by atoms with Crippen molar-refractivity contribution < 1.29 is 24.2 Å². The number of fused-ring (bicyclic) bond motifs is 1. The van der Waals surface area contributed by atoms with Gasteiger partial charge in [0.1, 0.15) is 17.6 Å². The summed E-state index contributed by atoms with van der Waals surface area (Å²) in [5, 5.41) is 11.2. The maximum atomic E-state index is 13.0. The summed E-state index contributed by atoms with van der Waals surface area (Å²) in [6, 6.07) is 12.5. The van der Waals surface area contributed by atoms with Crippen molar-refractivity contribution in [3.63, 3.8) is 0 Å². The molecule has 2 aliphatic rings. The van der Waals surface area contributed by atoms with E-state index in [1.807, 2.05) is 37.3 Å². The molecule has 0 bridgehead atoms. The summed E-state index contributed by atoms with van der Waals surface area (Å²) in [6.45, 7) is 4.61. The quantitative estimate of drug-likeness (QED) is 0.438. The first-order valence-corrected chi connectivity index (χ1v) is 10.6. The second kappa shape index (κ2) is 8.55. The van der Waals surface area contributed by atoms with Crippen molar-refractivity contribution in [2.24, 2.45) is 0 Å². The minimum absolute atomic E-state index is 0.0732. The van der Waals surface area contributed by atoms with Crippen molar-refractivity contribution in [1.29, 1.82) is 0 Å². The van der Waals surface area contributed by atoms with Crippen LogP contribution in [-0.4, -0.2) is 48.1 Å². The zero-order valence-corrected chi connectivity index (χ0v) is 18.1. The monoisotopic (exact) mass is 421 g/mol. The number of aryl methyl sites for hydroxylation is 1. The minimum atomic E-state index is -0.678. The first-order valence-electron chi connectivity index (χ1n) is 10.6. The van der Waals surface area contributed by atoms with Crippen molar-refractivity contribution >= 4 is 17.4 Å². The van der Waals surface area contributed by atoms with Crippen LogP contribution in [-0.2, 0) is 27.2 Å². The van der Waals surface area contributed by atoms with Gasteiger partial charge in [0.2, 0.25) is 0 Å². The van der Waals surface area contributed by atoms with E-state index >= 15 is 0 Å². The van der Waals surface area contributed by atoms with Gasteiger partial charge in [0.05, 0.1) is 18.2 Å². The summed E-state index contributed by atoms with van der Waals surface area (Å²) >= 11 is 0. The number of nitrogens with zero attached hydrogens (tertiary/aromatic N) is 1. The maximum absolute atomic E-state index is 13.0. The van der Waals surface area contributed by atoms with Crippen LogP contribution in [0.2, 0.25) is 0 Å². The fraction of sp³-hybridized carbons (Fsp3) is 0.360. The Bertz CT molecular complexity index is 1040. The fourth-order valence-corrected chi connectivity index (χ4v) is 4.31. The average molecular weight is 421 g/mol. The molecule has 2 aromatic carbocycles. The van der Waals surface area contributed by atoms with Crippen molar-refractivity contribution in [2.75, 3.05) is 20.3 Å². The number of amides is 1. The second-order valence-corrected chi connectivity index (χ2v) is 8.04. The lowest BCUT2D eigenvalue weighted by Gasteiger charge is -2.25. The Morgan fingerprint density at radius 2 is 1.94 bits per heavy atom. The molecule has 6 heteroatoms. The minimum Gasteiger partial charge on any atom is -0.507 e. The summed E-state index contributed by atoms with van der Waals surface area (Å²) in [6.07, 6.45) is 1.70. The third-order valence-corrected chi connectivity index (χ3v) is 5.95. The molecule has 162 valence electrons. The number of likely N-dealkylation sites (tertiary alicyclic amines) is 1. The molecule has 2 aromatic rings. The van der Waals surface area contributed by atoms with Gasteiger partial charge in [0, 0.05) is 25.6 Å². The molecule has 0 aromatic heterocycles. The highest BCUT2D eigenvalue weighted by Gasteiger charge is 2.45. The molecule has 31 heavy (non-hydrogen) atoms. The second-order valence-electron chi connectivity index (χ2n) is 8.04. The summed E-state index contributed by atoms with van der Waals surface area (Å²) < 4.78 is 10.9. The summed E-state index contributed by atoms with van der Waals surface area (Å²) in [4.78, 5) is 27.3. The molecule has 0 radical (unpaired) electrons. The molecule has 2 aliphatic heterocycles. The molecule has 1 N–H and O–H groups in total. The number of hydrogen-bond donors (Lipinski definition) is 1. The van der Waals surface area contributed by atoms with E-state index in [-0.39, 0.29) is 24.0 Å². The van der Waals surface area contributed by atoms with E-state index in [0.29, 0.717) is 12.2 Å². The standard InChI is InChI=1S/C25H27NO5/c1-4-16-5-7-17(8-6-16)22-21(24(28)25(29)26(22)11-12-30-3)23(27)18-9-10-20-19(14-18)13-15(2)31-20/h5-10,14-15,22,27H,4,11-13H2,1-3H3/t15-,22+/m1/s1. The van der Waals surface area contributed by atoms with Crippen LogP contribution in [0.5, 0.6) is 5.75 Å². The zero-order chi connectivity index (χ0) is 22.1. The Morgan fingerprint density at radius 3 is 2.61 bits per heavy atom. The van der Waals surface area contributed by atoms with E-state index in [1.54, 1.807) is 19.2 Å². The van der Waals surface area contributed by atoms with Gasteiger partial charge in [0.15, 0.2) is 0 Å². The molecular weight excluding hydrogens is 394 g/mol. The fourth-order valence-electron chi connectivity index (χ4n) is 4.31. The van der Waals surface area contributed by atoms with Gasteiger partial charge in [-0.1, -0.05) is 31.2 Å². The number of ether oxygens (including phenoxy) is 2. The van der Waals surface area contributed by atoms with Gasteiger partial charge >= 0.3 is 0 Å². The number of carbonyl (C=O) groups is 2. The topological polar surface area (TPSA) is 76.1 Å². The Kier molecular flexibility index (Phi) is 5.83. The van der Waals surface area contributed by atoms with Gasteiger partial charge in [-0.15, -0.1) is 0 Å². The average Bonchev–Trinajstić information content (AvgIpc) is 3.27. The number of ketones is 1. The van der Waals surface area contributed by atoms with E-state index in [1.165, 1.54) is 4.90 Å². The predicted molar refractivity (Wildman–Crippen MR) is 117 cm³/mol. The van der Waals surface area contributed by atoms with Crippen molar-refractivity contribution in [3.8, 4) is 5.75 Å². The van der Waals surface area contributed by atoms with Crippen molar-refractivity contribution in [2.45, 2.75) is 38.8 Å². The molecule has 1 amide bonds. The van der Waals surface area contributed by atoms with Crippen LogP contribution in [0.3, 0.4) is 0 Å². The number of aliphatic hydroxyl groups is 1. The molecule has 6 nitrogen and oxygen atoms in total. The number of carbonyl (C=O) groups excluding carboxylic acids is 2. The van der Waals surface area contributed by atoms with Gasteiger partial charge in [0.25, 0.3) is 11.7 Å². The van der Waals surface area contributed by atoms with Gasteiger partial charge in [-0.05, 0) is 48.2 Å². The molecule has 1 fully saturated rings. The van der Waals surface area contributed by atoms with Crippen LogP contribution in [0.15, 0.2) is 48.0 Å². The van der Waals surface area contributed by atoms with E-state index in [2.05, 4.69) is 6.92 Å². The number of hydrogen-bond acceptors (Lipinski definition) is 5. The highest BCUT2D eigenvalue weighted by molar-refractivity contribution is 6.46. The normalized spacial score (nSPS) is 22.0. The number of methoxy groups -OCH3 is 1. The van der Waals surface area contributed by atoms with E-state index in [9.17, 15) is 14.7 Å². The van der Waals surface area contributed by atoms with Crippen LogP contribution in [0.25, 0.3) is 5.76 Å². The van der Waals surface area contributed by atoms with Crippen molar-refractivity contribution in [1.82, 2.24) is 4.90 Å². The number of aliphatic hydroxyl groups excluding tert-OH is 1. The lowest BCUT2D eigenvalue weighted by molar-refractivity contribution is -0.140. The summed E-state index contributed by atoms with van der Waals surface area (Å²) in [5.74, 6) is -0.675. The molecular formula is C25H27NO5. The molecule has 1 saturated heterocycles. The lowest BCUT2D eigenvalue weighted by Crippen LogP contribution is -2.32. The molecule has 2 atom stereocenters. The van der Waals surface area contributed by atoms with Gasteiger partial charge in [-0.25, -0.2) is 0 Å². The van der Waals surface area contributed by atoms with E-state index in [0.717, 1.165) is 35.3 Å². The molecule has 0 spiro atoms. The van der Waals surface area contributed by atoms with Crippen molar-refractivity contribution in [3.05, 3.63) is 70.3 Å².